The number of carboxylic acids is 1. The number of carbonyl (C=O) groups is 2. The average molecular weight is 250 g/mol. The minimum atomic E-state index is -0.944. The van der Waals surface area contributed by atoms with E-state index in [1.54, 1.807) is 31.0 Å². The maximum atomic E-state index is 11.6. The summed E-state index contributed by atoms with van der Waals surface area (Å²) in [5.74, 6) is -0.946. The molecule has 0 aliphatic carbocycles. The van der Waals surface area contributed by atoms with Crippen LogP contribution in [-0.4, -0.2) is 42.0 Å². The number of likely N-dealkylation sites (N-methyl/N-ethyl adjacent to an activating group) is 1. The summed E-state index contributed by atoms with van der Waals surface area (Å²) >= 11 is 0. The van der Waals surface area contributed by atoms with Crippen LogP contribution in [0, 0.1) is 6.92 Å². The Kier molecular flexibility index (Phi) is 4.71. The summed E-state index contributed by atoms with van der Waals surface area (Å²) in [6, 6.07) is 4.92. The van der Waals surface area contributed by atoms with Gasteiger partial charge >= 0.3 is 5.97 Å². The molecule has 0 aliphatic heterocycles. The van der Waals surface area contributed by atoms with E-state index in [0.717, 1.165) is 5.69 Å². The zero-order valence-corrected chi connectivity index (χ0v) is 10.9. The van der Waals surface area contributed by atoms with E-state index in [9.17, 15) is 9.59 Å². The first-order valence-electron chi connectivity index (χ1n) is 5.77. The van der Waals surface area contributed by atoms with Gasteiger partial charge in [0.1, 0.15) is 0 Å². The number of amides is 1. The molecule has 0 bridgehead atoms. The normalized spacial score (nSPS) is 9.94. The molecule has 0 aromatic heterocycles. The number of rotatable bonds is 5. The van der Waals surface area contributed by atoms with Crippen molar-refractivity contribution >= 4 is 17.6 Å². The summed E-state index contributed by atoms with van der Waals surface area (Å²) < 4.78 is 0. The fourth-order valence-corrected chi connectivity index (χ4v) is 1.50. The van der Waals surface area contributed by atoms with E-state index in [4.69, 9.17) is 5.11 Å². The van der Waals surface area contributed by atoms with Crippen molar-refractivity contribution in [2.45, 2.75) is 13.8 Å². The van der Waals surface area contributed by atoms with Gasteiger partial charge in [0.15, 0.2) is 0 Å². The van der Waals surface area contributed by atoms with Crippen LogP contribution in [0.4, 0.5) is 5.69 Å². The fourth-order valence-electron chi connectivity index (χ4n) is 1.50. The minimum absolute atomic E-state index is 0.00235. The predicted molar refractivity (Wildman–Crippen MR) is 69.9 cm³/mol. The second-order valence-corrected chi connectivity index (χ2v) is 4.10. The van der Waals surface area contributed by atoms with E-state index >= 15 is 0 Å². The number of carbonyl (C=O) groups excluding carboxylic acids is 1. The summed E-state index contributed by atoms with van der Waals surface area (Å²) in [7, 11) is 1.74. The molecular weight excluding hydrogens is 232 g/mol. The van der Waals surface area contributed by atoms with Crippen LogP contribution in [0.2, 0.25) is 0 Å². The van der Waals surface area contributed by atoms with Gasteiger partial charge in [-0.25, -0.2) is 4.79 Å². The summed E-state index contributed by atoms with van der Waals surface area (Å²) in [5.41, 5.74) is 1.69. The highest BCUT2D eigenvalue weighted by molar-refractivity contribution is 5.90. The predicted octanol–water partition coefficient (Wildman–Crippen LogP) is 1.58. The molecule has 1 rings (SSSR count). The van der Waals surface area contributed by atoms with E-state index in [0.29, 0.717) is 12.1 Å². The third kappa shape index (κ3) is 3.48. The fraction of sp³-hybridized carbons (Fsp3) is 0.385. The van der Waals surface area contributed by atoms with Crippen molar-refractivity contribution in [2.75, 3.05) is 25.5 Å². The molecule has 0 spiro atoms. The first kappa shape index (κ1) is 14.0. The number of aromatic carboxylic acids is 1. The number of hydrogen-bond acceptors (Lipinski definition) is 3. The molecule has 1 aromatic rings. The lowest BCUT2D eigenvalue weighted by molar-refractivity contribution is -0.127. The van der Waals surface area contributed by atoms with E-state index < -0.39 is 5.97 Å². The van der Waals surface area contributed by atoms with Gasteiger partial charge in [-0.05, 0) is 37.6 Å². The van der Waals surface area contributed by atoms with Crippen LogP contribution in [0.5, 0.6) is 0 Å². The zero-order valence-electron chi connectivity index (χ0n) is 10.9. The summed E-state index contributed by atoms with van der Waals surface area (Å²) in [4.78, 5) is 24.0. The molecule has 0 atom stereocenters. The maximum Gasteiger partial charge on any atom is 0.335 e. The van der Waals surface area contributed by atoms with Crippen molar-refractivity contribution < 1.29 is 14.7 Å². The van der Waals surface area contributed by atoms with Gasteiger partial charge in [0.25, 0.3) is 0 Å². The SMILES string of the molecule is CCN(C)C(=O)CNc1ccc(C(=O)O)c(C)c1. The van der Waals surface area contributed by atoms with Gasteiger partial charge < -0.3 is 15.3 Å². The molecule has 18 heavy (non-hydrogen) atoms. The van der Waals surface area contributed by atoms with Gasteiger partial charge in [0.05, 0.1) is 12.1 Å². The van der Waals surface area contributed by atoms with Gasteiger partial charge in [-0.1, -0.05) is 0 Å². The quantitative estimate of drug-likeness (QED) is 0.832. The summed E-state index contributed by atoms with van der Waals surface area (Å²) in [5, 5.41) is 11.9. The highest BCUT2D eigenvalue weighted by atomic mass is 16.4. The Balaban J connectivity index is 2.67. The van der Waals surface area contributed by atoms with Crippen LogP contribution < -0.4 is 5.32 Å². The first-order valence-corrected chi connectivity index (χ1v) is 5.77. The number of anilines is 1. The average Bonchev–Trinajstić information content (AvgIpc) is 2.34. The highest BCUT2D eigenvalue weighted by Crippen LogP contribution is 2.15. The Hall–Kier alpha value is -2.04. The number of aryl methyl sites for hydroxylation is 1. The summed E-state index contributed by atoms with van der Waals surface area (Å²) in [6.07, 6.45) is 0. The Morgan fingerprint density at radius 1 is 1.39 bits per heavy atom. The van der Waals surface area contributed by atoms with Crippen molar-refractivity contribution in [3.8, 4) is 0 Å². The maximum absolute atomic E-state index is 11.6. The van der Waals surface area contributed by atoms with Gasteiger partial charge in [-0.2, -0.15) is 0 Å². The number of nitrogens with one attached hydrogen (secondary N) is 1. The largest absolute Gasteiger partial charge is 0.478 e. The van der Waals surface area contributed by atoms with Crippen LogP contribution in [-0.2, 0) is 4.79 Å². The number of nitrogens with zero attached hydrogens (tertiary/aromatic N) is 1. The Morgan fingerprint density at radius 2 is 2.06 bits per heavy atom. The van der Waals surface area contributed by atoms with Crippen molar-refractivity contribution in [1.29, 1.82) is 0 Å². The second kappa shape index (κ2) is 6.05. The molecule has 2 N–H and O–H groups in total. The Bertz CT molecular complexity index is 458. The topological polar surface area (TPSA) is 69.6 Å². The molecule has 0 aliphatic rings. The number of carboxylic acid groups (broad SMARTS) is 1. The zero-order chi connectivity index (χ0) is 13.7. The Morgan fingerprint density at radius 3 is 2.56 bits per heavy atom. The minimum Gasteiger partial charge on any atom is -0.478 e. The van der Waals surface area contributed by atoms with Gasteiger partial charge in [-0.15, -0.1) is 0 Å². The molecule has 1 aromatic carbocycles. The third-order valence-electron chi connectivity index (χ3n) is 2.80. The van der Waals surface area contributed by atoms with Crippen LogP contribution in [0.3, 0.4) is 0 Å². The lowest BCUT2D eigenvalue weighted by Crippen LogP contribution is -2.31. The van der Waals surface area contributed by atoms with Crippen LogP contribution in [0.1, 0.15) is 22.8 Å². The van der Waals surface area contributed by atoms with Gasteiger partial charge in [0.2, 0.25) is 5.91 Å². The van der Waals surface area contributed by atoms with Crippen molar-refractivity contribution in [3.05, 3.63) is 29.3 Å². The van der Waals surface area contributed by atoms with Crippen molar-refractivity contribution in [3.63, 3.8) is 0 Å². The smallest absolute Gasteiger partial charge is 0.335 e. The number of hydrogen-bond donors (Lipinski definition) is 2. The molecular formula is C13H18N2O3. The molecule has 1 amide bonds. The van der Waals surface area contributed by atoms with Crippen LogP contribution in [0.25, 0.3) is 0 Å². The Labute approximate surface area is 106 Å². The van der Waals surface area contributed by atoms with Crippen molar-refractivity contribution in [2.24, 2.45) is 0 Å². The standard InChI is InChI=1S/C13H18N2O3/c1-4-15(3)12(16)8-14-10-5-6-11(13(17)18)9(2)7-10/h5-7,14H,4,8H2,1-3H3,(H,17,18). The van der Waals surface area contributed by atoms with E-state index in [1.807, 2.05) is 6.92 Å². The molecule has 0 radical (unpaired) electrons. The molecule has 5 heteroatoms. The van der Waals surface area contributed by atoms with E-state index in [1.165, 1.54) is 6.07 Å². The monoisotopic (exact) mass is 250 g/mol. The summed E-state index contributed by atoms with van der Waals surface area (Å²) in [6.45, 7) is 4.51. The lowest BCUT2D eigenvalue weighted by Gasteiger charge is -2.15. The lowest BCUT2D eigenvalue weighted by atomic mass is 10.1. The van der Waals surface area contributed by atoms with Crippen molar-refractivity contribution in [1.82, 2.24) is 4.90 Å². The van der Waals surface area contributed by atoms with Crippen LogP contribution >= 0.6 is 0 Å². The first-order chi connectivity index (χ1) is 8.45. The molecule has 0 fully saturated rings. The molecule has 0 heterocycles. The van der Waals surface area contributed by atoms with E-state index in [-0.39, 0.29) is 18.0 Å². The third-order valence-corrected chi connectivity index (χ3v) is 2.80. The molecule has 0 saturated carbocycles. The molecule has 5 nitrogen and oxygen atoms in total. The number of benzene rings is 1. The van der Waals surface area contributed by atoms with Gasteiger partial charge in [-0.3, -0.25) is 4.79 Å². The highest BCUT2D eigenvalue weighted by Gasteiger charge is 2.09. The van der Waals surface area contributed by atoms with Crippen LogP contribution in [0.15, 0.2) is 18.2 Å². The molecule has 98 valence electrons. The molecule has 0 saturated heterocycles. The van der Waals surface area contributed by atoms with E-state index in [2.05, 4.69) is 5.32 Å². The molecule has 0 unspecified atom stereocenters. The van der Waals surface area contributed by atoms with Gasteiger partial charge in [0, 0.05) is 19.3 Å². The second-order valence-electron chi connectivity index (χ2n) is 4.10.